The van der Waals surface area contributed by atoms with Crippen molar-refractivity contribution < 1.29 is 18.6 Å². The normalized spacial score (nSPS) is 16.4. The first kappa shape index (κ1) is 15.6. The van der Waals surface area contributed by atoms with E-state index in [1.807, 2.05) is 18.2 Å². The fourth-order valence-electron chi connectivity index (χ4n) is 2.76. The van der Waals surface area contributed by atoms with Crippen molar-refractivity contribution >= 4 is 0 Å². The molecule has 0 saturated heterocycles. The lowest BCUT2D eigenvalue weighted by Gasteiger charge is -2.27. The highest BCUT2D eigenvalue weighted by Crippen LogP contribution is 2.34. The summed E-state index contributed by atoms with van der Waals surface area (Å²) in [5.74, 6) is 1.51. The number of hydrogen-bond donors (Lipinski definition) is 1. The standard InChI is InChI=1S/C18H20FNO3/c1-21-16-5-3-4-13-9-14(11-23-18(13)16)20-10-12-6-7-15(19)17(8-12)22-2/h3-8,14,20H,9-11H2,1-2H3/t14-/m0/s1. The fourth-order valence-corrected chi connectivity index (χ4v) is 2.76. The van der Waals surface area contributed by atoms with Crippen LogP contribution in [0.5, 0.6) is 17.2 Å². The number of hydrogen-bond acceptors (Lipinski definition) is 4. The van der Waals surface area contributed by atoms with Crippen molar-refractivity contribution in [3.8, 4) is 17.2 Å². The van der Waals surface area contributed by atoms with E-state index >= 15 is 0 Å². The highest BCUT2D eigenvalue weighted by atomic mass is 19.1. The second-order valence-electron chi connectivity index (χ2n) is 5.51. The van der Waals surface area contributed by atoms with Crippen LogP contribution in [0, 0.1) is 5.82 Å². The van der Waals surface area contributed by atoms with Crippen LogP contribution in [0.25, 0.3) is 0 Å². The molecule has 0 amide bonds. The molecule has 122 valence electrons. The minimum atomic E-state index is -0.349. The van der Waals surface area contributed by atoms with Gasteiger partial charge >= 0.3 is 0 Å². The molecule has 2 aromatic carbocycles. The van der Waals surface area contributed by atoms with Crippen molar-refractivity contribution in [3.63, 3.8) is 0 Å². The molecule has 1 aliphatic heterocycles. The van der Waals surface area contributed by atoms with Crippen LogP contribution >= 0.6 is 0 Å². The van der Waals surface area contributed by atoms with Crippen molar-refractivity contribution in [2.45, 2.75) is 19.0 Å². The molecule has 1 heterocycles. The number of nitrogens with one attached hydrogen (secondary N) is 1. The molecule has 0 saturated carbocycles. The second-order valence-corrected chi connectivity index (χ2v) is 5.51. The molecular formula is C18H20FNO3. The molecule has 0 aliphatic carbocycles. The Morgan fingerprint density at radius 3 is 2.78 bits per heavy atom. The first-order chi connectivity index (χ1) is 11.2. The maximum absolute atomic E-state index is 13.4. The van der Waals surface area contributed by atoms with Crippen LogP contribution in [-0.2, 0) is 13.0 Å². The molecule has 1 N–H and O–H groups in total. The topological polar surface area (TPSA) is 39.7 Å². The van der Waals surface area contributed by atoms with Crippen LogP contribution in [-0.4, -0.2) is 26.9 Å². The Kier molecular flexibility index (Phi) is 4.67. The summed E-state index contributed by atoms with van der Waals surface area (Å²) in [5, 5.41) is 3.44. The van der Waals surface area contributed by atoms with Gasteiger partial charge in [-0.2, -0.15) is 0 Å². The molecule has 0 spiro atoms. The molecule has 3 rings (SSSR count). The molecular weight excluding hydrogens is 297 g/mol. The van der Waals surface area contributed by atoms with E-state index in [0.717, 1.165) is 29.0 Å². The number of methoxy groups -OCH3 is 2. The predicted molar refractivity (Wildman–Crippen MR) is 85.8 cm³/mol. The van der Waals surface area contributed by atoms with Crippen LogP contribution in [0.4, 0.5) is 4.39 Å². The summed E-state index contributed by atoms with van der Waals surface area (Å²) in [7, 11) is 3.11. The van der Waals surface area contributed by atoms with Gasteiger partial charge in [-0.15, -0.1) is 0 Å². The molecule has 2 aromatic rings. The van der Waals surface area contributed by atoms with Gasteiger partial charge in [-0.25, -0.2) is 4.39 Å². The first-order valence-corrected chi connectivity index (χ1v) is 7.55. The molecule has 1 atom stereocenters. The molecule has 0 aromatic heterocycles. The van der Waals surface area contributed by atoms with Gasteiger partial charge in [-0.05, 0) is 35.7 Å². The van der Waals surface area contributed by atoms with E-state index in [0.29, 0.717) is 13.2 Å². The van der Waals surface area contributed by atoms with Crippen molar-refractivity contribution in [1.29, 1.82) is 0 Å². The van der Waals surface area contributed by atoms with E-state index in [-0.39, 0.29) is 17.6 Å². The van der Waals surface area contributed by atoms with Crippen LogP contribution in [0.15, 0.2) is 36.4 Å². The zero-order chi connectivity index (χ0) is 16.2. The third-order valence-electron chi connectivity index (χ3n) is 3.99. The van der Waals surface area contributed by atoms with E-state index in [4.69, 9.17) is 14.2 Å². The average Bonchev–Trinajstić information content (AvgIpc) is 2.60. The minimum Gasteiger partial charge on any atom is -0.494 e. The highest BCUT2D eigenvalue weighted by molar-refractivity contribution is 5.48. The summed E-state index contributed by atoms with van der Waals surface area (Å²) < 4.78 is 29.6. The summed E-state index contributed by atoms with van der Waals surface area (Å²) >= 11 is 0. The van der Waals surface area contributed by atoms with E-state index in [1.165, 1.54) is 13.2 Å². The predicted octanol–water partition coefficient (Wildman–Crippen LogP) is 2.94. The first-order valence-electron chi connectivity index (χ1n) is 7.55. The molecule has 0 fully saturated rings. The van der Waals surface area contributed by atoms with Gasteiger partial charge in [0.15, 0.2) is 23.1 Å². The molecule has 0 unspecified atom stereocenters. The summed E-state index contributed by atoms with van der Waals surface area (Å²) in [6.07, 6.45) is 0.866. The molecule has 1 aliphatic rings. The lowest BCUT2D eigenvalue weighted by Crippen LogP contribution is -2.38. The van der Waals surface area contributed by atoms with Gasteiger partial charge in [0.25, 0.3) is 0 Å². The SMILES string of the molecule is COc1cc(CN[C@@H]2COc3c(cccc3OC)C2)ccc1F. The molecule has 23 heavy (non-hydrogen) atoms. The third-order valence-corrected chi connectivity index (χ3v) is 3.99. The van der Waals surface area contributed by atoms with E-state index in [1.54, 1.807) is 19.2 Å². The molecule has 5 heteroatoms. The van der Waals surface area contributed by atoms with Crippen molar-refractivity contribution in [3.05, 3.63) is 53.3 Å². The van der Waals surface area contributed by atoms with Gasteiger partial charge in [0.05, 0.1) is 14.2 Å². The number of benzene rings is 2. The van der Waals surface area contributed by atoms with Gasteiger partial charge in [-0.1, -0.05) is 18.2 Å². The number of halogens is 1. The Morgan fingerprint density at radius 1 is 1.17 bits per heavy atom. The average molecular weight is 317 g/mol. The Balaban J connectivity index is 1.64. The Hall–Kier alpha value is -2.27. The van der Waals surface area contributed by atoms with Gasteiger partial charge < -0.3 is 19.5 Å². The monoisotopic (exact) mass is 317 g/mol. The van der Waals surface area contributed by atoms with E-state index in [9.17, 15) is 4.39 Å². The van der Waals surface area contributed by atoms with Gasteiger partial charge in [0.2, 0.25) is 0 Å². The number of para-hydroxylation sites is 1. The van der Waals surface area contributed by atoms with E-state index in [2.05, 4.69) is 5.32 Å². The summed E-state index contributed by atoms with van der Waals surface area (Å²) in [4.78, 5) is 0. The van der Waals surface area contributed by atoms with Crippen molar-refractivity contribution in [2.24, 2.45) is 0 Å². The highest BCUT2D eigenvalue weighted by Gasteiger charge is 2.22. The Bertz CT molecular complexity index is 690. The van der Waals surface area contributed by atoms with Crippen LogP contribution in [0.1, 0.15) is 11.1 Å². The van der Waals surface area contributed by atoms with E-state index < -0.39 is 0 Å². The largest absolute Gasteiger partial charge is 0.494 e. The van der Waals surface area contributed by atoms with Gasteiger partial charge in [0, 0.05) is 12.6 Å². The fraction of sp³-hybridized carbons (Fsp3) is 0.333. The zero-order valence-corrected chi connectivity index (χ0v) is 13.3. The lowest BCUT2D eigenvalue weighted by molar-refractivity contribution is 0.226. The zero-order valence-electron chi connectivity index (χ0n) is 13.3. The number of ether oxygens (including phenoxy) is 3. The van der Waals surface area contributed by atoms with Gasteiger partial charge in [0.1, 0.15) is 6.61 Å². The Labute approximate surface area is 135 Å². The molecule has 0 bridgehead atoms. The quantitative estimate of drug-likeness (QED) is 0.920. The van der Waals surface area contributed by atoms with Crippen LogP contribution in [0.2, 0.25) is 0 Å². The summed E-state index contributed by atoms with van der Waals surface area (Å²) in [5.41, 5.74) is 2.10. The molecule has 4 nitrogen and oxygen atoms in total. The number of fused-ring (bicyclic) bond motifs is 1. The smallest absolute Gasteiger partial charge is 0.165 e. The summed E-state index contributed by atoms with van der Waals surface area (Å²) in [6.45, 7) is 1.20. The van der Waals surface area contributed by atoms with Crippen molar-refractivity contribution in [2.75, 3.05) is 20.8 Å². The minimum absolute atomic E-state index is 0.200. The van der Waals surface area contributed by atoms with Gasteiger partial charge in [-0.3, -0.25) is 0 Å². The third kappa shape index (κ3) is 3.40. The summed E-state index contributed by atoms with van der Waals surface area (Å²) in [6, 6.07) is 11.0. The second kappa shape index (κ2) is 6.87. The lowest BCUT2D eigenvalue weighted by atomic mass is 10.0. The van der Waals surface area contributed by atoms with Crippen molar-refractivity contribution in [1.82, 2.24) is 5.32 Å². The van der Waals surface area contributed by atoms with Crippen LogP contribution < -0.4 is 19.5 Å². The maximum Gasteiger partial charge on any atom is 0.165 e. The van der Waals surface area contributed by atoms with Crippen LogP contribution in [0.3, 0.4) is 0 Å². The Morgan fingerprint density at radius 2 is 2.00 bits per heavy atom. The maximum atomic E-state index is 13.4. The number of rotatable bonds is 5. The molecule has 0 radical (unpaired) electrons.